The van der Waals surface area contributed by atoms with Gasteiger partial charge in [0.25, 0.3) is 5.91 Å². The molecule has 144 valence electrons. The Balaban J connectivity index is 1.94. The molecular formula is C22H29NO3Si. The van der Waals surface area contributed by atoms with Crippen LogP contribution in [0.1, 0.15) is 32.4 Å². The second-order valence-electron chi connectivity index (χ2n) is 7.04. The molecule has 2 aromatic carbocycles. The lowest BCUT2D eigenvalue weighted by Crippen LogP contribution is -2.63. The number of rotatable bonds is 8. The summed E-state index contributed by atoms with van der Waals surface area (Å²) in [5.41, 5.74) is 2.00. The fourth-order valence-electron chi connectivity index (χ4n) is 3.85. The first-order chi connectivity index (χ1) is 13.1. The number of carbonyl (C=O) groups excluding carboxylic acids is 1. The smallest absolute Gasteiger partial charge is 0.258 e. The summed E-state index contributed by atoms with van der Waals surface area (Å²) in [7, 11) is -0.236. The first-order valence-electron chi connectivity index (χ1n) is 9.79. The van der Waals surface area contributed by atoms with Gasteiger partial charge in [-0.15, -0.1) is 0 Å². The zero-order valence-electron chi connectivity index (χ0n) is 16.6. The topological polar surface area (TPSA) is 38.8 Å². The molecule has 0 saturated carbocycles. The van der Waals surface area contributed by atoms with Gasteiger partial charge in [-0.1, -0.05) is 51.1 Å². The molecule has 1 amide bonds. The van der Waals surface area contributed by atoms with Crippen LogP contribution in [0.15, 0.2) is 54.6 Å². The summed E-state index contributed by atoms with van der Waals surface area (Å²) in [6, 6.07) is 20.9. The van der Waals surface area contributed by atoms with E-state index in [4.69, 9.17) is 9.16 Å². The van der Waals surface area contributed by atoms with Crippen molar-refractivity contribution >= 4 is 19.9 Å². The molecule has 0 spiro atoms. The summed E-state index contributed by atoms with van der Waals surface area (Å²) in [5.74, 6) is 0.839. The Kier molecular flexibility index (Phi) is 6.02. The van der Waals surface area contributed by atoms with E-state index in [0.717, 1.165) is 35.1 Å². The molecule has 1 aliphatic heterocycles. The van der Waals surface area contributed by atoms with Crippen molar-refractivity contribution in [2.45, 2.75) is 51.0 Å². The van der Waals surface area contributed by atoms with Gasteiger partial charge in [-0.05, 0) is 48.0 Å². The van der Waals surface area contributed by atoms with Gasteiger partial charge in [0, 0.05) is 5.69 Å². The number of amides is 1. The van der Waals surface area contributed by atoms with Crippen molar-refractivity contribution in [3.05, 3.63) is 60.2 Å². The van der Waals surface area contributed by atoms with E-state index in [1.807, 2.05) is 47.4 Å². The van der Waals surface area contributed by atoms with Crippen LogP contribution in [-0.2, 0) is 9.22 Å². The van der Waals surface area contributed by atoms with Crippen LogP contribution in [-0.4, -0.2) is 27.4 Å². The van der Waals surface area contributed by atoms with E-state index < -0.39 is 8.32 Å². The van der Waals surface area contributed by atoms with E-state index in [1.54, 1.807) is 7.11 Å². The average molecular weight is 384 g/mol. The van der Waals surface area contributed by atoms with Gasteiger partial charge in [0.05, 0.1) is 13.2 Å². The highest BCUT2D eigenvalue weighted by molar-refractivity contribution is 6.73. The zero-order chi connectivity index (χ0) is 19.4. The molecule has 2 aromatic rings. The summed E-state index contributed by atoms with van der Waals surface area (Å²) in [6.07, 6.45) is -0.388. The van der Waals surface area contributed by atoms with Gasteiger partial charge in [-0.25, -0.2) is 0 Å². The maximum Gasteiger partial charge on any atom is 0.258 e. The van der Waals surface area contributed by atoms with Crippen molar-refractivity contribution < 1.29 is 14.0 Å². The predicted octanol–water partition coefficient (Wildman–Crippen LogP) is 5.17. The Bertz CT molecular complexity index is 751. The van der Waals surface area contributed by atoms with Crippen LogP contribution in [0.5, 0.6) is 5.75 Å². The molecule has 2 atom stereocenters. The Morgan fingerprint density at radius 2 is 1.52 bits per heavy atom. The van der Waals surface area contributed by atoms with Crippen LogP contribution in [0.2, 0.25) is 18.1 Å². The third-order valence-corrected chi connectivity index (χ3v) is 10.5. The second-order valence-corrected chi connectivity index (χ2v) is 11.8. The molecule has 1 aliphatic rings. The van der Waals surface area contributed by atoms with E-state index >= 15 is 0 Å². The zero-order valence-corrected chi connectivity index (χ0v) is 17.6. The highest BCUT2D eigenvalue weighted by Crippen LogP contribution is 2.43. The van der Waals surface area contributed by atoms with E-state index in [1.165, 1.54) is 0 Å². The molecule has 0 radical (unpaired) electrons. The third kappa shape index (κ3) is 3.66. The van der Waals surface area contributed by atoms with Crippen molar-refractivity contribution in [2.75, 3.05) is 12.0 Å². The summed E-state index contributed by atoms with van der Waals surface area (Å²) in [4.78, 5) is 15.0. The van der Waals surface area contributed by atoms with Gasteiger partial charge < -0.3 is 9.16 Å². The Hall–Kier alpha value is -2.11. The summed E-state index contributed by atoms with van der Waals surface area (Å²) in [6.45, 7) is 6.59. The monoisotopic (exact) mass is 383 g/mol. The molecule has 1 fully saturated rings. The minimum atomic E-state index is -1.88. The number of carbonyl (C=O) groups is 1. The normalized spacial score (nSPS) is 19.7. The SMILES string of the molecule is CC[Si](CC)(CC)O[C@H]1C(=O)N(c2ccc(OC)cc2)[C@H]1c1ccccc1. The van der Waals surface area contributed by atoms with Gasteiger partial charge >= 0.3 is 0 Å². The van der Waals surface area contributed by atoms with Gasteiger partial charge in [0.1, 0.15) is 11.9 Å². The second kappa shape index (κ2) is 8.27. The molecule has 27 heavy (non-hydrogen) atoms. The Morgan fingerprint density at radius 3 is 2.04 bits per heavy atom. The van der Waals surface area contributed by atoms with Crippen molar-refractivity contribution in [3.8, 4) is 5.75 Å². The standard InChI is InChI=1S/C22H29NO3Si/c1-5-27(6-2,7-3)26-21-20(17-11-9-8-10-12-17)23(22(21)24)18-13-15-19(25-4)16-14-18/h8-16,20-21H,5-7H2,1-4H3/t20-,21+/m0/s1. The van der Waals surface area contributed by atoms with Crippen molar-refractivity contribution in [1.82, 2.24) is 0 Å². The highest BCUT2D eigenvalue weighted by Gasteiger charge is 2.52. The summed E-state index contributed by atoms with van der Waals surface area (Å²) < 4.78 is 11.9. The number of methoxy groups -OCH3 is 1. The lowest BCUT2D eigenvalue weighted by atomic mass is 9.90. The van der Waals surface area contributed by atoms with Crippen LogP contribution in [0, 0.1) is 0 Å². The van der Waals surface area contributed by atoms with Crippen molar-refractivity contribution in [2.24, 2.45) is 0 Å². The van der Waals surface area contributed by atoms with E-state index in [-0.39, 0.29) is 18.1 Å². The minimum absolute atomic E-state index is 0.0567. The molecule has 0 unspecified atom stereocenters. The number of benzene rings is 2. The van der Waals surface area contributed by atoms with Crippen molar-refractivity contribution in [1.29, 1.82) is 0 Å². The maximum atomic E-state index is 13.1. The number of anilines is 1. The van der Waals surface area contributed by atoms with Crippen molar-refractivity contribution in [3.63, 3.8) is 0 Å². The molecule has 0 aromatic heterocycles. The first kappa shape index (κ1) is 19.6. The minimum Gasteiger partial charge on any atom is -0.497 e. The fourth-order valence-corrected chi connectivity index (χ4v) is 6.62. The molecule has 5 heteroatoms. The molecular weight excluding hydrogens is 354 g/mol. The highest BCUT2D eigenvalue weighted by atomic mass is 28.4. The van der Waals surface area contributed by atoms with E-state index in [9.17, 15) is 4.79 Å². The first-order valence-corrected chi connectivity index (χ1v) is 12.3. The maximum absolute atomic E-state index is 13.1. The molecule has 4 nitrogen and oxygen atoms in total. The van der Waals surface area contributed by atoms with Gasteiger partial charge in [0.2, 0.25) is 0 Å². The van der Waals surface area contributed by atoms with Crippen LogP contribution in [0.25, 0.3) is 0 Å². The largest absolute Gasteiger partial charge is 0.497 e. The van der Waals surface area contributed by atoms with Gasteiger partial charge in [-0.3, -0.25) is 9.69 Å². The summed E-state index contributed by atoms with van der Waals surface area (Å²) >= 11 is 0. The van der Waals surface area contributed by atoms with Gasteiger partial charge in [0.15, 0.2) is 8.32 Å². The number of β-lactam (4-membered cyclic amide) rings is 1. The molecule has 1 heterocycles. The lowest BCUT2D eigenvalue weighted by Gasteiger charge is -2.50. The number of nitrogens with zero attached hydrogens (tertiary/aromatic N) is 1. The molecule has 1 saturated heterocycles. The van der Waals surface area contributed by atoms with Crippen LogP contribution >= 0.6 is 0 Å². The number of hydrogen-bond donors (Lipinski definition) is 0. The molecule has 0 aliphatic carbocycles. The van der Waals surface area contributed by atoms with Crippen LogP contribution in [0.3, 0.4) is 0 Å². The van der Waals surface area contributed by atoms with E-state index in [0.29, 0.717) is 0 Å². The Labute approximate surface area is 163 Å². The lowest BCUT2D eigenvalue weighted by molar-refractivity contribution is -0.135. The summed E-state index contributed by atoms with van der Waals surface area (Å²) in [5, 5.41) is 0. The molecule has 0 bridgehead atoms. The predicted molar refractivity (Wildman–Crippen MR) is 112 cm³/mol. The number of ether oxygens (including phenoxy) is 1. The Morgan fingerprint density at radius 1 is 0.926 bits per heavy atom. The average Bonchev–Trinajstić information content (AvgIpc) is 2.74. The number of hydrogen-bond acceptors (Lipinski definition) is 3. The third-order valence-electron chi connectivity index (χ3n) is 5.85. The molecule has 0 N–H and O–H groups in total. The van der Waals surface area contributed by atoms with Crippen LogP contribution < -0.4 is 9.64 Å². The van der Waals surface area contributed by atoms with Gasteiger partial charge in [-0.2, -0.15) is 0 Å². The molecule has 3 rings (SSSR count). The fraction of sp³-hybridized carbons (Fsp3) is 0.409. The van der Waals surface area contributed by atoms with Crippen LogP contribution in [0.4, 0.5) is 5.69 Å². The quantitative estimate of drug-likeness (QED) is 0.466. The van der Waals surface area contributed by atoms with E-state index in [2.05, 4.69) is 32.9 Å².